The molecule has 0 aromatic carbocycles. The van der Waals surface area contributed by atoms with Crippen LogP contribution < -0.4 is 10.6 Å². The molecule has 2 amide bonds. The molecule has 0 unspecified atom stereocenters. The Balaban J connectivity index is 3.20. The Morgan fingerprint density at radius 1 is 1.29 bits per heavy atom. The van der Waals surface area contributed by atoms with Gasteiger partial charge in [0.25, 0.3) is 0 Å². The minimum Gasteiger partial charge on any atom is -0.349 e. The first kappa shape index (κ1) is 17.4. The van der Waals surface area contributed by atoms with Gasteiger partial charge in [0.05, 0.1) is 0 Å². The van der Waals surface area contributed by atoms with Gasteiger partial charge in [0.15, 0.2) is 0 Å². The van der Waals surface area contributed by atoms with E-state index in [4.69, 9.17) is 0 Å². The number of amides is 2. The smallest absolute Gasteiger partial charge is 0.246 e. The number of hydrogen-bond donors (Lipinski definition) is 2. The van der Waals surface area contributed by atoms with Crippen molar-refractivity contribution in [3.05, 3.63) is 12.7 Å². The number of carbonyl (C=O) groups excluding carboxylic acids is 3. The molecule has 118 valence electrons. The van der Waals surface area contributed by atoms with Crippen LogP contribution in [-0.2, 0) is 14.4 Å². The average molecular weight is 294 g/mol. The molecule has 1 rings (SSSR count). The molecule has 1 saturated carbocycles. The Kier molecular flexibility index (Phi) is 5.31. The summed E-state index contributed by atoms with van der Waals surface area (Å²) in [6.07, 6.45) is 4.36. The van der Waals surface area contributed by atoms with Gasteiger partial charge in [-0.25, -0.2) is 0 Å². The van der Waals surface area contributed by atoms with Crippen LogP contribution >= 0.6 is 0 Å². The second kappa shape index (κ2) is 6.41. The highest BCUT2D eigenvalue weighted by molar-refractivity contribution is 5.94. The molecule has 1 fully saturated rings. The van der Waals surface area contributed by atoms with Crippen molar-refractivity contribution in [1.82, 2.24) is 10.6 Å². The molecule has 2 N–H and O–H groups in total. The van der Waals surface area contributed by atoms with Gasteiger partial charge in [0.1, 0.15) is 11.8 Å². The lowest BCUT2D eigenvalue weighted by atomic mass is 9.68. The van der Waals surface area contributed by atoms with Crippen molar-refractivity contribution in [3.63, 3.8) is 0 Å². The fraction of sp³-hybridized carbons (Fsp3) is 0.688. The van der Waals surface area contributed by atoms with Gasteiger partial charge in [-0.1, -0.05) is 6.08 Å². The first-order chi connectivity index (χ1) is 9.64. The summed E-state index contributed by atoms with van der Waals surface area (Å²) >= 11 is 0. The summed E-state index contributed by atoms with van der Waals surface area (Å²) in [5, 5.41) is 5.65. The van der Waals surface area contributed by atoms with Crippen molar-refractivity contribution < 1.29 is 14.4 Å². The molecule has 5 heteroatoms. The van der Waals surface area contributed by atoms with Crippen molar-refractivity contribution >= 4 is 18.1 Å². The lowest BCUT2D eigenvalue weighted by Gasteiger charge is -2.44. The van der Waals surface area contributed by atoms with E-state index < -0.39 is 17.0 Å². The fourth-order valence-corrected chi connectivity index (χ4v) is 2.92. The maximum Gasteiger partial charge on any atom is 0.246 e. The van der Waals surface area contributed by atoms with E-state index in [0.29, 0.717) is 12.8 Å². The molecule has 0 spiro atoms. The third-order valence-electron chi connectivity index (χ3n) is 3.86. The predicted molar refractivity (Wildman–Crippen MR) is 81.5 cm³/mol. The molecule has 0 aromatic heterocycles. The van der Waals surface area contributed by atoms with Gasteiger partial charge in [-0.15, -0.1) is 6.58 Å². The second-order valence-electron chi connectivity index (χ2n) is 6.88. The van der Waals surface area contributed by atoms with Crippen LogP contribution in [-0.4, -0.2) is 29.2 Å². The number of hydrogen-bond acceptors (Lipinski definition) is 3. The molecule has 0 bridgehead atoms. The maximum atomic E-state index is 12.8. The summed E-state index contributed by atoms with van der Waals surface area (Å²) in [5.74, 6) is -1.01. The van der Waals surface area contributed by atoms with Crippen molar-refractivity contribution in [2.75, 3.05) is 0 Å². The Bertz CT molecular complexity index is 439. The molecule has 0 aliphatic heterocycles. The maximum absolute atomic E-state index is 12.8. The summed E-state index contributed by atoms with van der Waals surface area (Å²) < 4.78 is 0. The Labute approximate surface area is 126 Å². The second-order valence-corrected chi connectivity index (χ2v) is 6.88. The predicted octanol–water partition coefficient (Wildman–Crippen LogP) is 1.58. The third kappa shape index (κ3) is 4.16. The molecule has 1 aliphatic rings. The summed E-state index contributed by atoms with van der Waals surface area (Å²) in [4.78, 5) is 35.9. The van der Waals surface area contributed by atoms with Gasteiger partial charge < -0.3 is 15.4 Å². The Hall–Kier alpha value is -1.65. The van der Waals surface area contributed by atoms with Crippen LogP contribution in [0, 0.1) is 11.8 Å². The van der Waals surface area contributed by atoms with Gasteiger partial charge in [-0.05, 0) is 46.0 Å². The quantitative estimate of drug-likeness (QED) is 0.610. The zero-order chi connectivity index (χ0) is 16.3. The summed E-state index contributed by atoms with van der Waals surface area (Å²) in [7, 11) is 0. The summed E-state index contributed by atoms with van der Waals surface area (Å²) in [6, 6.07) is 0. The molecule has 0 heterocycles. The van der Waals surface area contributed by atoms with Crippen LogP contribution in [0.1, 0.15) is 47.0 Å². The molecule has 0 radical (unpaired) electrons. The van der Waals surface area contributed by atoms with Crippen molar-refractivity contribution in [2.45, 2.75) is 58.0 Å². The largest absolute Gasteiger partial charge is 0.349 e. The van der Waals surface area contributed by atoms with E-state index in [1.165, 1.54) is 6.92 Å². The number of rotatable bonds is 4. The normalized spacial score (nSPS) is 29.3. The molecule has 0 aromatic rings. The average Bonchev–Trinajstić information content (AvgIpc) is 2.35. The summed E-state index contributed by atoms with van der Waals surface area (Å²) in [5.41, 5.74) is -1.62. The van der Waals surface area contributed by atoms with Crippen LogP contribution in [0.5, 0.6) is 0 Å². The van der Waals surface area contributed by atoms with Gasteiger partial charge >= 0.3 is 0 Å². The highest BCUT2D eigenvalue weighted by Gasteiger charge is 2.50. The van der Waals surface area contributed by atoms with Crippen LogP contribution in [0.2, 0.25) is 0 Å². The van der Waals surface area contributed by atoms with Crippen LogP contribution in [0.15, 0.2) is 12.7 Å². The van der Waals surface area contributed by atoms with Gasteiger partial charge in [-0.2, -0.15) is 0 Å². The number of aldehydes is 1. The first-order valence-corrected chi connectivity index (χ1v) is 7.34. The van der Waals surface area contributed by atoms with E-state index >= 15 is 0 Å². The lowest BCUT2D eigenvalue weighted by Crippen LogP contribution is -2.67. The van der Waals surface area contributed by atoms with Crippen molar-refractivity contribution in [1.29, 1.82) is 0 Å². The highest BCUT2D eigenvalue weighted by Crippen LogP contribution is 2.37. The van der Waals surface area contributed by atoms with Gasteiger partial charge in [-0.3, -0.25) is 9.59 Å². The van der Waals surface area contributed by atoms with E-state index in [9.17, 15) is 14.4 Å². The molecule has 5 nitrogen and oxygen atoms in total. The van der Waals surface area contributed by atoms with Gasteiger partial charge in [0, 0.05) is 18.4 Å². The molecule has 21 heavy (non-hydrogen) atoms. The standard InChI is InChI=1S/C16H26N2O3/c1-6-12-7-8-13(10-19)16(9-12,17-11(2)20)14(21)18-15(3,4)5/h6,10,12-13H,1,7-9H2,2-5H3,(H,17,20)(H,18,21)/t12-,13+,16-/m1/s1. The highest BCUT2D eigenvalue weighted by atomic mass is 16.2. The number of carbonyl (C=O) groups is 3. The lowest BCUT2D eigenvalue weighted by molar-refractivity contribution is -0.141. The molecule has 3 atom stereocenters. The SMILES string of the molecule is C=C[C@@H]1CC[C@@H](C=O)[C@@](NC(C)=O)(C(=O)NC(C)(C)C)C1. The van der Waals surface area contributed by atoms with Crippen molar-refractivity contribution in [3.8, 4) is 0 Å². The Morgan fingerprint density at radius 2 is 1.90 bits per heavy atom. The third-order valence-corrected chi connectivity index (χ3v) is 3.86. The Morgan fingerprint density at radius 3 is 2.33 bits per heavy atom. The summed E-state index contributed by atoms with van der Waals surface area (Å²) in [6.45, 7) is 10.8. The van der Waals surface area contributed by atoms with E-state index in [-0.39, 0.29) is 17.7 Å². The minimum absolute atomic E-state index is 0.110. The number of nitrogens with one attached hydrogen (secondary N) is 2. The fourth-order valence-electron chi connectivity index (χ4n) is 2.92. The van der Waals surface area contributed by atoms with Crippen LogP contribution in [0.4, 0.5) is 0 Å². The van der Waals surface area contributed by atoms with E-state index in [1.54, 1.807) is 6.08 Å². The monoisotopic (exact) mass is 294 g/mol. The minimum atomic E-state index is -1.18. The van der Waals surface area contributed by atoms with Gasteiger partial charge in [0.2, 0.25) is 11.8 Å². The zero-order valence-electron chi connectivity index (χ0n) is 13.4. The van der Waals surface area contributed by atoms with E-state index in [0.717, 1.165) is 12.7 Å². The molecule has 1 aliphatic carbocycles. The molecule has 0 saturated heterocycles. The van der Waals surface area contributed by atoms with E-state index in [1.807, 2.05) is 20.8 Å². The van der Waals surface area contributed by atoms with Crippen LogP contribution in [0.3, 0.4) is 0 Å². The molecular formula is C16H26N2O3. The number of allylic oxidation sites excluding steroid dienone is 1. The van der Waals surface area contributed by atoms with E-state index in [2.05, 4.69) is 17.2 Å². The van der Waals surface area contributed by atoms with Crippen molar-refractivity contribution in [2.24, 2.45) is 11.8 Å². The first-order valence-electron chi connectivity index (χ1n) is 7.34. The topological polar surface area (TPSA) is 75.3 Å². The zero-order valence-corrected chi connectivity index (χ0v) is 13.4. The molecular weight excluding hydrogens is 268 g/mol. The van der Waals surface area contributed by atoms with Crippen LogP contribution in [0.25, 0.3) is 0 Å².